The summed E-state index contributed by atoms with van der Waals surface area (Å²) in [6.07, 6.45) is -1.28. The SMILES string of the molecule is CN=CC(C)=C(N)C(F)F. The number of aliphatic imine (C=N–C) groups is 1. The molecule has 58 valence electrons. The van der Waals surface area contributed by atoms with E-state index in [-0.39, 0.29) is 0 Å². The van der Waals surface area contributed by atoms with Crippen LogP contribution in [0.4, 0.5) is 8.78 Å². The molecule has 10 heavy (non-hydrogen) atoms. The van der Waals surface area contributed by atoms with Crippen molar-refractivity contribution in [1.82, 2.24) is 0 Å². The summed E-state index contributed by atoms with van der Waals surface area (Å²) >= 11 is 0. The standard InChI is InChI=1S/C6H10F2N2/c1-4(3-10-2)5(9)6(7)8/h3,6H,9H2,1-2H3. The van der Waals surface area contributed by atoms with Crippen LogP contribution in [0.15, 0.2) is 16.3 Å². The maximum Gasteiger partial charge on any atom is 0.278 e. The number of alkyl halides is 2. The van der Waals surface area contributed by atoms with Gasteiger partial charge in [-0.25, -0.2) is 8.78 Å². The summed E-state index contributed by atoms with van der Waals surface area (Å²) in [6, 6.07) is 0. The van der Waals surface area contributed by atoms with E-state index in [0.717, 1.165) is 0 Å². The molecule has 4 heteroatoms. The third-order valence-electron chi connectivity index (χ3n) is 1.01. The van der Waals surface area contributed by atoms with Crippen molar-refractivity contribution < 1.29 is 8.78 Å². The molecule has 0 saturated carbocycles. The van der Waals surface area contributed by atoms with Crippen LogP contribution in [0, 0.1) is 0 Å². The molecule has 0 aliphatic heterocycles. The number of nitrogens with zero attached hydrogens (tertiary/aromatic N) is 1. The van der Waals surface area contributed by atoms with Crippen LogP contribution in [-0.2, 0) is 0 Å². The second kappa shape index (κ2) is 3.98. The second-order valence-corrected chi connectivity index (χ2v) is 1.83. The van der Waals surface area contributed by atoms with E-state index in [1.165, 1.54) is 20.2 Å². The highest BCUT2D eigenvalue weighted by Gasteiger charge is 2.07. The fraction of sp³-hybridized carbons (Fsp3) is 0.500. The number of allylic oxidation sites excluding steroid dienone is 2. The summed E-state index contributed by atoms with van der Waals surface area (Å²) in [6.45, 7) is 1.49. The molecule has 0 saturated heterocycles. The Morgan fingerprint density at radius 1 is 1.60 bits per heavy atom. The first kappa shape index (κ1) is 9.07. The maximum atomic E-state index is 11.8. The molecule has 0 spiro atoms. The Labute approximate surface area is 58.4 Å². The van der Waals surface area contributed by atoms with Crippen LogP contribution in [0.25, 0.3) is 0 Å². The first-order chi connectivity index (χ1) is 4.59. The molecule has 0 heterocycles. The smallest absolute Gasteiger partial charge is 0.278 e. The van der Waals surface area contributed by atoms with E-state index in [4.69, 9.17) is 5.73 Å². The van der Waals surface area contributed by atoms with Crippen molar-refractivity contribution in [2.75, 3.05) is 7.05 Å². The summed E-state index contributed by atoms with van der Waals surface area (Å²) in [5, 5.41) is 0. The Bertz CT molecular complexity index is 161. The Hall–Kier alpha value is -0.930. The molecule has 0 rings (SSSR count). The number of nitrogens with two attached hydrogens (primary N) is 1. The van der Waals surface area contributed by atoms with Crippen molar-refractivity contribution in [2.45, 2.75) is 13.3 Å². The molecule has 0 aromatic carbocycles. The molecule has 0 aromatic rings. The van der Waals surface area contributed by atoms with Crippen molar-refractivity contribution >= 4 is 6.21 Å². The van der Waals surface area contributed by atoms with Crippen molar-refractivity contribution in [2.24, 2.45) is 10.7 Å². The minimum absolute atomic E-state index is 0.317. The van der Waals surface area contributed by atoms with Gasteiger partial charge < -0.3 is 5.73 Å². The quantitative estimate of drug-likeness (QED) is 0.587. The van der Waals surface area contributed by atoms with Gasteiger partial charge in [0, 0.05) is 13.3 Å². The first-order valence-electron chi connectivity index (χ1n) is 2.76. The molecule has 0 aliphatic rings. The molecule has 2 N–H and O–H groups in total. The molecule has 0 fully saturated rings. The van der Waals surface area contributed by atoms with Crippen LogP contribution in [0.2, 0.25) is 0 Å². The van der Waals surface area contributed by atoms with E-state index in [1.807, 2.05) is 0 Å². The molecule has 0 radical (unpaired) electrons. The third-order valence-corrected chi connectivity index (χ3v) is 1.01. The van der Waals surface area contributed by atoms with Gasteiger partial charge in [-0.3, -0.25) is 4.99 Å². The topological polar surface area (TPSA) is 38.4 Å². The molecule has 0 bridgehead atoms. The number of halogens is 2. The lowest BCUT2D eigenvalue weighted by Crippen LogP contribution is -2.10. The number of hydrogen-bond donors (Lipinski definition) is 1. The highest BCUT2D eigenvalue weighted by molar-refractivity contribution is 5.78. The number of rotatable bonds is 2. The predicted molar refractivity (Wildman–Crippen MR) is 37.3 cm³/mol. The van der Waals surface area contributed by atoms with Crippen LogP contribution in [0.5, 0.6) is 0 Å². The molecule has 0 amide bonds. The molecule has 2 nitrogen and oxygen atoms in total. The molecular formula is C6H10F2N2. The normalized spacial score (nSPS) is 14.5. The zero-order valence-corrected chi connectivity index (χ0v) is 5.94. The lowest BCUT2D eigenvalue weighted by atomic mass is 10.2. The monoisotopic (exact) mass is 148 g/mol. The van der Waals surface area contributed by atoms with E-state index < -0.39 is 12.1 Å². The number of hydrogen-bond acceptors (Lipinski definition) is 2. The van der Waals surface area contributed by atoms with E-state index in [0.29, 0.717) is 5.57 Å². The van der Waals surface area contributed by atoms with Crippen LogP contribution in [0.1, 0.15) is 6.92 Å². The minimum atomic E-state index is -2.59. The Kier molecular flexibility index (Phi) is 3.61. The van der Waals surface area contributed by atoms with Gasteiger partial charge >= 0.3 is 0 Å². The van der Waals surface area contributed by atoms with Gasteiger partial charge in [-0.1, -0.05) is 0 Å². The summed E-state index contributed by atoms with van der Waals surface area (Å²) in [5.74, 6) is 0. The largest absolute Gasteiger partial charge is 0.397 e. The second-order valence-electron chi connectivity index (χ2n) is 1.83. The van der Waals surface area contributed by atoms with Crippen molar-refractivity contribution in [1.29, 1.82) is 0 Å². The fourth-order valence-corrected chi connectivity index (χ4v) is 0.440. The summed E-state index contributed by atoms with van der Waals surface area (Å²) < 4.78 is 23.5. The van der Waals surface area contributed by atoms with Crippen molar-refractivity contribution in [3.05, 3.63) is 11.3 Å². The van der Waals surface area contributed by atoms with E-state index in [1.54, 1.807) is 0 Å². The van der Waals surface area contributed by atoms with E-state index in [2.05, 4.69) is 4.99 Å². The van der Waals surface area contributed by atoms with E-state index in [9.17, 15) is 8.78 Å². The molecule has 0 aromatic heterocycles. The molecule has 0 aliphatic carbocycles. The van der Waals surface area contributed by atoms with Crippen LogP contribution >= 0.6 is 0 Å². The zero-order valence-electron chi connectivity index (χ0n) is 5.94. The third kappa shape index (κ3) is 2.57. The fourth-order valence-electron chi connectivity index (χ4n) is 0.440. The Morgan fingerprint density at radius 2 is 2.10 bits per heavy atom. The Morgan fingerprint density at radius 3 is 2.40 bits per heavy atom. The van der Waals surface area contributed by atoms with Gasteiger partial charge in [0.15, 0.2) is 0 Å². The summed E-state index contributed by atoms with van der Waals surface area (Å²) in [7, 11) is 1.50. The highest BCUT2D eigenvalue weighted by Crippen LogP contribution is 2.05. The highest BCUT2D eigenvalue weighted by atomic mass is 19.3. The van der Waals surface area contributed by atoms with E-state index >= 15 is 0 Å². The van der Waals surface area contributed by atoms with Gasteiger partial charge in [0.05, 0.1) is 5.70 Å². The van der Waals surface area contributed by atoms with Crippen molar-refractivity contribution in [3.63, 3.8) is 0 Å². The lowest BCUT2D eigenvalue weighted by molar-refractivity contribution is 0.187. The first-order valence-corrected chi connectivity index (χ1v) is 2.76. The van der Waals surface area contributed by atoms with Gasteiger partial charge in [0.1, 0.15) is 0 Å². The van der Waals surface area contributed by atoms with Crippen LogP contribution < -0.4 is 5.73 Å². The molecular weight excluding hydrogens is 138 g/mol. The average molecular weight is 148 g/mol. The van der Waals surface area contributed by atoms with Gasteiger partial charge in [-0.05, 0) is 12.5 Å². The van der Waals surface area contributed by atoms with Crippen molar-refractivity contribution in [3.8, 4) is 0 Å². The van der Waals surface area contributed by atoms with Gasteiger partial charge in [0.25, 0.3) is 6.43 Å². The average Bonchev–Trinajstić information content (AvgIpc) is 1.87. The molecule has 0 atom stereocenters. The lowest BCUT2D eigenvalue weighted by Gasteiger charge is -1.99. The summed E-state index contributed by atoms with van der Waals surface area (Å²) in [5.41, 5.74) is 4.89. The zero-order chi connectivity index (χ0) is 8.15. The molecule has 0 unspecified atom stereocenters. The van der Waals surface area contributed by atoms with Crippen LogP contribution in [0.3, 0.4) is 0 Å². The summed E-state index contributed by atoms with van der Waals surface area (Å²) in [4.78, 5) is 3.54. The van der Waals surface area contributed by atoms with Gasteiger partial charge in [0.2, 0.25) is 0 Å². The van der Waals surface area contributed by atoms with Gasteiger partial charge in [-0.2, -0.15) is 0 Å². The van der Waals surface area contributed by atoms with Gasteiger partial charge in [-0.15, -0.1) is 0 Å². The van der Waals surface area contributed by atoms with Crippen LogP contribution in [-0.4, -0.2) is 19.7 Å². The Balaban J connectivity index is 4.34. The predicted octanol–water partition coefficient (Wildman–Crippen LogP) is 1.18. The minimum Gasteiger partial charge on any atom is -0.397 e. The maximum absolute atomic E-state index is 11.8.